The van der Waals surface area contributed by atoms with Gasteiger partial charge in [-0.2, -0.15) is 21.3 Å². The smallest absolute Gasteiger partial charge is 0.229 e. The van der Waals surface area contributed by atoms with E-state index in [0.29, 0.717) is 25.8 Å². The van der Waals surface area contributed by atoms with Crippen molar-refractivity contribution >= 4 is 34.3 Å². The lowest BCUT2D eigenvalue weighted by atomic mass is 10.1. The molecule has 0 spiro atoms. The number of morpholine rings is 1. The second-order valence-corrected chi connectivity index (χ2v) is 9.58. The average molecular weight is 461 g/mol. The van der Waals surface area contributed by atoms with Crippen LogP contribution in [0.3, 0.4) is 0 Å². The van der Waals surface area contributed by atoms with Gasteiger partial charge in [0.25, 0.3) is 0 Å². The van der Waals surface area contributed by atoms with Gasteiger partial charge in [-0.1, -0.05) is 37.1 Å². The van der Waals surface area contributed by atoms with E-state index in [1.54, 1.807) is 11.3 Å². The molecule has 6 rings (SSSR count). The minimum atomic E-state index is 0.486. The molecule has 1 aliphatic heterocycles. The van der Waals surface area contributed by atoms with E-state index in [1.807, 2.05) is 6.33 Å². The van der Waals surface area contributed by atoms with Crippen LogP contribution < -0.4 is 10.2 Å². The number of aromatic nitrogens is 4. The third-order valence-corrected chi connectivity index (χ3v) is 7.37. The maximum atomic E-state index is 5.54. The molecular weight excluding hydrogens is 432 g/mol. The molecule has 33 heavy (non-hydrogen) atoms. The molecule has 2 fully saturated rings. The number of ether oxygens (including phenoxy) is 1. The quantitative estimate of drug-likeness (QED) is 0.431. The van der Waals surface area contributed by atoms with Gasteiger partial charge in [-0.25, -0.2) is 4.98 Å². The maximum absolute atomic E-state index is 5.54. The molecule has 0 amide bonds. The fourth-order valence-electron chi connectivity index (χ4n) is 4.81. The van der Waals surface area contributed by atoms with Gasteiger partial charge in [0.15, 0.2) is 17.0 Å². The van der Waals surface area contributed by atoms with E-state index in [4.69, 9.17) is 19.7 Å². The van der Waals surface area contributed by atoms with Crippen LogP contribution in [0.4, 0.5) is 11.8 Å². The number of nitrogens with one attached hydrogen (secondary N) is 1. The summed E-state index contributed by atoms with van der Waals surface area (Å²) in [6.07, 6.45) is 6.90. The summed E-state index contributed by atoms with van der Waals surface area (Å²) in [4.78, 5) is 16.9. The Kier molecular flexibility index (Phi) is 5.69. The monoisotopic (exact) mass is 460 g/mol. The molecule has 0 atom stereocenters. The molecule has 8 heteroatoms. The van der Waals surface area contributed by atoms with Crippen LogP contribution in [-0.2, 0) is 11.3 Å². The van der Waals surface area contributed by atoms with Crippen LogP contribution in [0.5, 0.6) is 0 Å². The Morgan fingerprint density at radius 3 is 2.58 bits per heavy atom. The van der Waals surface area contributed by atoms with Gasteiger partial charge in [-0.15, -0.1) is 0 Å². The van der Waals surface area contributed by atoms with Crippen molar-refractivity contribution < 1.29 is 4.74 Å². The van der Waals surface area contributed by atoms with E-state index < -0.39 is 0 Å². The van der Waals surface area contributed by atoms with Gasteiger partial charge >= 0.3 is 0 Å². The van der Waals surface area contributed by atoms with Crippen LogP contribution in [0.15, 0.2) is 47.4 Å². The molecule has 1 N–H and O–H groups in total. The predicted molar refractivity (Wildman–Crippen MR) is 133 cm³/mol. The highest BCUT2D eigenvalue weighted by Gasteiger charge is 2.23. The van der Waals surface area contributed by atoms with E-state index >= 15 is 0 Å². The topological polar surface area (TPSA) is 68.1 Å². The molecule has 170 valence electrons. The summed E-state index contributed by atoms with van der Waals surface area (Å²) in [5.41, 5.74) is 5.52. The average Bonchev–Trinajstić information content (AvgIpc) is 3.65. The lowest BCUT2D eigenvalue weighted by Crippen LogP contribution is -2.37. The molecule has 1 saturated heterocycles. The normalized spacial score (nSPS) is 17.2. The summed E-state index contributed by atoms with van der Waals surface area (Å²) in [6, 6.07) is 11.4. The summed E-state index contributed by atoms with van der Waals surface area (Å²) in [6.45, 7) is 3.74. The number of rotatable bonds is 6. The number of nitrogens with zero attached hydrogens (tertiary/aromatic N) is 5. The minimum absolute atomic E-state index is 0.486. The van der Waals surface area contributed by atoms with E-state index in [1.165, 1.54) is 42.4 Å². The number of anilines is 2. The van der Waals surface area contributed by atoms with E-state index in [9.17, 15) is 0 Å². The Morgan fingerprint density at radius 1 is 1.00 bits per heavy atom. The van der Waals surface area contributed by atoms with E-state index in [-0.39, 0.29) is 0 Å². The molecule has 0 bridgehead atoms. The van der Waals surface area contributed by atoms with Gasteiger partial charge in [0.05, 0.1) is 19.5 Å². The van der Waals surface area contributed by atoms with E-state index in [0.717, 1.165) is 36.0 Å². The first kappa shape index (κ1) is 20.6. The number of fused-ring (bicyclic) bond motifs is 1. The number of benzene rings is 1. The lowest BCUT2D eigenvalue weighted by Gasteiger charge is -2.27. The van der Waals surface area contributed by atoms with Crippen molar-refractivity contribution in [2.24, 2.45) is 0 Å². The van der Waals surface area contributed by atoms with Crippen molar-refractivity contribution in [3.05, 3.63) is 53.0 Å². The standard InChI is InChI=1S/C25H28N6OS/c1-2-4-21(3-1)31-17-27-22-23(28-25(29-24(22)31)30-10-12-32-13-11-30)26-15-18-5-7-19(8-6-18)20-9-14-33-16-20/h5-9,14,16-17,21H,1-4,10-13,15H2,(H,26,28,29). The maximum Gasteiger partial charge on any atom is 0.229 e. The summed E-state index contributed by atoms with van der Waals surface area (Å²) in [5.74, 6) is 1.57. The molecule has 1 aliphatic carbocycles. The van der Waals surface area contributed by atoms with Crippen LogP contribution in [0.2, 0.25) is 0 Å². The first-order chi connectivity index (χ1) is 16.3. The van der Waals surface area contributed by atoms with Crippen molar-refractivity contribution in [3.8, 4) is 11.1 Å². The molecule has 7 nitrogen and oxygen atoms in total. The fraction of sp³-hybridized carbons (Fsp3) is 0.400. The van der Waals surface area contributed by atoms with Crippen molar-refractivity contribution in [2.75, 3.05) is 36.5 Å². The first-order valence-corrected chi connectivity index (χ1v) is 12.7. The highest BCUT2D eigenvalue weighted by atomic mass is 32.1. The SMILES string of the molecule is c1cc(-c2ccc(CNc3nc(N4CCOCC4)nc4c3ncn4C3CCCC3)cc2)cs1. The second-order valence-electron chi connectivity index (χ2n) is 8.80. The number of hydrogen-bond acceptors (Lipinski definition) is 7. The van der Waals surface area contributed by atoms with Crippen LogP contribution in [-0.4, -0.2) is 45.8 Å². The van der Waals surface area contributed by atoms with Gasteiger partial charge < -0.3 is 19.5 Å². The Balaban J connectivity index is 1.29. The lowest BCUT2D eigenvalue weighted by molar-refractivity contribution is 0.122. The molecular formula is C25H28N6OS. The number of imidazole rings is 1. The van der Waals surface area contributed by atoms with Crippen LogP contribution in [0.25, 0.3) is 22.3 Å². The summed E-state index contributed by atoms with van der Waals surface area (Å²) >= 11 is 1.72. The van der Waals surface area contributed by atoms with Gasteiger partial charge in [-0.05, 0) is 46.4 Å². The predicted octanol–water partition coefficient (Wildman–Crippen LogP) is 5.12. The first-order valence-electron chi connectivity index (χ1n) is 11.8. The van der Waals surface area contributed by atoms with Crippen molar-refractivity contribution in [3.63, 3.8) is 0 Å². The highest BCUT2D eigenvalue weighted by molar-refractivity contribution is 7.08. The Hall–Kier alpha value is -2.97. The van der Waals surface area contributed by atoms with Crippen molar-refractivity contribution in [2.45, 2.75) is 38.3 Å². The molecule has 4 heterocycles. The molecule has 4 aromatic rings. The number of thiophene rings is 1. The van der Waals surface area contributed by atoms with Crippen LogP contribution in [0, 0.1) is 0 Å². The molecule has 0 unspecified atom stereocenters. The summed E-state index contributed by atoms with van der Waals surface area (Å²) in [7, 11) is 0. The third kappa shape index (κ3) is 4.20. The van der Waals surface area contributed by atoms with Gasteiger partial charge in [0, 0.05) is 25.7 Å². The zero-order valence-electron chi connectivity index (χ0n) is 18.6. The van der Waals surface area contributed by atoms with Gasteiger partial charge in [0.2, 0.25) is 5.95 Å². The Morgan fingerprint density at radius 2 is 1.82 bits per heavy atom. The molecule has 0 radical (unpaired) electrons. The summed E-state index contributed by atoms with van der Waals surface area (Å²) < 4.78 is 7.81. The van der Waals surface area contributed by atoms with Crippen molar-refractivity contribution in [1.29, 1.82) is 0 Å². The van der Waals surface area contributed by atoms with Crippen LogP contribution >= 0.6 is 11.3 Å². The van der Waals surface area contributed by atoms with Crippen LogP contribution in [0.1, 0.15) is 37.3 Å². The molecule has 2 aliphatic rings. The van der Waals surface area contributed by atoms with Gasteiger partial charge in [0.1, 0.15) is 0 Å². The zero-order valence-corrected chi connectivity index (χ0v) is 19.4. The third-order valence-electron chi connectivity index (χ3n) is 6.69. The van der Waals surface area contributed by atoms with Gasteiger partial charge in [-0.3, -0.25) is 0 Å². The largest absolute Gasteiger partial charge is 0.378 e. The zero-order chi connectivity index (χ0) is 22.0. The highest BCUT2D eigenvalue weighted by Crippen LogP contribution is 2.33. The minimum Gasteiger partial charge on any atom is -0.378 e. The molecule has 3 aromatic heterocycles. The van der Waals surface area contributed by atoms with E-state index in [2.05, 4.69) is 55.9 Å². The Bertz CT molecular complexity index is 1210. The number of hydrogen-bond donors (Lipinski definition) is 1. The summed E-state index contributed by atoms with van der Waals surface area (Å²) in [5, 5.41) is 7.85. The Labute approximate surface area is 197 Å². The van der Waals surface area contributed by atoms with Crippen molar-refractivity contribution in [1.82, 2.24) is 19.5 Å². The fourth-order valence-corrected chi connectivity index (χ4v) is 5.48. The second kappa shape index (κ2) is 9.11. The molecule has 1 saturated carbocycles. The molecule has 1 aromatic carbocycles.